The summed E-state index contributed by atoms with van der Waals surface area (Å²) >= 11 is 0. The average Bonchev–Trinajstić information content (AvgIpc) is 3.18. The van der Waals surface area contributed by atoms with Gasteiger partial charge in [0.15, 0.2) is 11.5 Å². The van der Waals surface area contributed by atoms with E-state index in [2.05, 4.69) is 41.5 Å². The third kappa shape index (κ3) is 5.65. The summed E-state index contributed by atoms with van der Waals surface area (Å²) in [6.45, 7) is 6.15. The first-order valence-corrected chi connectivity index (χ1v) is 9.74. The van der Waals surface area contributed by atoms with Crippen molar-refractivity contribution in [3.05, 3.63) is 59.4 Å². The molecule has 1 aliphatic rings. The number of oxime groups is 1. The van der Waals surface area contributed by atoms with E-state index in [1.807, 2.05) is 0 Å². The van der Waals surface area contributed by atoms with Crippen LogP contribution in [-0.4, -0.2) is 39.8 Å². The molecule has 0 saturated carbocycles. The van der Waals surface area contributed by atoms with Gasteiger partial charge in [-0.3, -0.25) is 9.59 Å². The van der Waals surface area contributed by atoms with Crippen molar-refractivity contribution in [3.8, 4) is 0 Å². The van der Waals surface area contributed by atoms with Crippen LogP contribution < -0.4 is 10.6 Å². The van der Waals surface area contributed by atoms with Crippen LogP contribution in [0.4, 0.5) is 5.69 Å². The normalized spacial score (nSPS) is 15.6. The molecule has 2 amide bonds. The van der Waals surface area contributed by atoms with E-state index in [1.165, 1.54) is 18.3 Å². The summed E-state index contributed by atoms with van der Waals surface area (Å²) in [6.07, 6.45) is 1.92. The van der Waals surface area contributed by atoms with Gasteiger partial charge in [-0.15, -0.1) is 0 Å². The molecule has 0 aliphatic carbocycles. The lowest BCUT2D eigenvalue weighted by Crippen LogP contribution is -2.34. The largest absolute Gasteiger partial charge is 0.476 e. The van der Waals surface area contributed by atoms with Crippen LogP contribution >= 0.6 is 0 Å². The second-order valence-electron chi connectivity index (χ2n) is 8.28. The Hall–Kier alpha value is -3.75. The smallest absolute Gasteiger partial charge is 0.355 e. The molecule has 1 aromatic heterocycles. The highest BCUT2D eigenvalue weighted by molar-refractivity contribution is 6.09. The number of aromatic nitrogens is 1. The Bertz CT molecular complexity index is 1020. The van der Waals surface area contributed by atoms with Crippen molar-refractivity contribution >= 4 is 29.3 Å². The Balaban J connectivity index is 1.55. The number of carbonyl (C=O) groups excluding carboxylic acids is 2. The summed E-state index contributed by atoms with van der Waals surface area (Å²) in [5.41, 5.74) is 0.787. The molecule has 0 fully saturated rings. The third-order valence-corrected chi connectivity index (χ3v) is 4.75. The molecule has 9 heteroatoms. The number of nitrogens with one attached hydrogen (secondary N) is 2. The third-order valence-electron chi connectivity index (χ3n) is 4.75. The van der Waals surface area contributed by atoms with Gasteiger partial charge in [0.1, 0.15) is 6.10 Å². The zero-order valence-corrected chi connectivity index (χ0v) is 17.5. The summed E-state index contributed by atoms with van der Waals surface area (Å²) in [6, 6.07) is 9.59. The number of aromatic carboxylic acids is 1. The van der Waals surface area contributed by atoms with Gasteiger partial charge in [-0.1, -0.05) is 38.1 Å². The Labute approximate surface area is 179 Å². The van der Waals surface area contributed by atoms with Gasteiger partial charge in [0.05, 0.1) is 12.0 Å². The van der Waals surface area contributed by atoms with E-state index in [0.717, 1.165) is 5.56 Å². The lowest BCUT2D eigenvalue weighted by Gasteiger charge is -2.23. The molecule has 9 nitrogen and oxygen atoms in total. The summed E-state index contributed by atoms with van der Waals surface area (Å²) in [4.78, 5) is 45.0. The van der Waals surface area contributed by atoms with E-state index >= 15 is 0 Å². The number of rotatable bonds is 5. The van der Waals surface area contributed by atoms with Crippen LogP contribution in [0.1, 0.15) is 53.6 Å². The Morgan fingerprint density at radius 1 is 1.13 bits per heavy atom. The monoisotopic (exact) mass is 424 g/mol. The molecule has 1 atom stereocenters. The molecule has 2 heterocycles. The summed E-state index contributed by atoms with van der Waals surface area (Å²) < 4.78 is 0. The minimum Gasteiger partial charge on any atom is -0.476 e. The number of amides is 2. The lowest BCUT2D eigenvalue weighted by atomic mass is 9.87. The molecule has 1 aliphatic heterocycles. The highest BCUT2D eigenvalue weighted by Crippen LogP contribution is 2.28. The van der Waals surface area contributed by atoms with Crippen LogP contribution in [0.15, 0.2) is 47.8 Å². The molecule has 0 radical (unpaired) electrons. The number of amidine groups is 1. The van der Waals surface area contributed by atoms with Gasteiger partial charge >= 0.3 is 5.97 Å². The van der Waals surface area contributed by atoms with Crippen LogP contribution in [0, 0.1) is 5.41 Å². The Morgan fingerprint density at radius 2 is 1.84 bits per heavy atom. The van der Waals surface area contributed by atoms with Crippen molar-refractivity contribution in [2.24, 2.45) is 10.6 Å². The molecule has 0 bridgehead atoms. The second kappa shape index (κ2) is 8.95. The summed E-state index contributed by atoms with van der Waals surface area (Å²) in [7, 11) is 0. The zero-order chi connectivity index (χ0) is 22.6. The summed E-state index contributed by atoms with van der Waals surface area (Å²) in [5.74, 6) is -1.56. The first-order valence-electron chi connectivity index (χ1n) is 9.74. The molecule has 3 N–H and O–H groups in total. The molecule has 1 unspecified atom stereocenters. The van der Waals surface area contributed by atoms with Gasteiger partial charge in [-0.25, -0.2) is 9.78 Å². The first kappa shape index (κ1) is 21.9. The number of pyridine rings is 1. The molecule has 2 aromatic rings. The average molecular weight is 424 g/mol. The Kier molecular flexibility index (Phi) is 6.33. The molecule has 0 saturated heterocycles. The minimum absolute atomic E-state index is 0.0356. The molecule has 162 valence electrons. The molecular weight excluding hydrogens is 400 g/mol. The van der Waals surface area contributed by atoms with Gasteiger partial charge < -0.3 is 20.6 Å². The lowest BCUT2D eigenvalue weighted by molar-refractivity contribution is -0.119. The predicted octanol–water partition coefficient (Wildman–Crippen LogP) is 2.84. The summed E-state index contributed by atoms with van der Waals surface area (Å²) in [5, 5.41) is 18.5. The van der Waals surface area contributed by atoms with E-state index in [9.17, 15) is 14.4 Å². The van der Waals surface area contributed by atoms with E-state index in [1.54, 1.807) is 24.3 Å². The van der Waals surface area contributed by atoms with E-state index < -0.39 is 11.9 Å². The zero-order valence-electron chi connectivity index (χ0n) is 17.5. The van der Waals surface area contributed by atoms with Crippen LogP contribution in [-0.2, 0) is 16.1 Å². The molecule has 1 aromatic carbocycles. The number of carbonyl (C=O) groups is 3. The predicted molar refractivity (Wildman–Crippen MR) is 114 cm³/mol. The number of carboxylic acids is 1. The van der Waals surface area contributed by atoms with Gasteiger partial charge in [-0.05, 0) is 29.8 Å². The fourth-order valence-corrected chi connectivity index (χ4v) is 2.97. The standard InChI is InChI=1S/C22H24N4O5/c1-22(2,3)16-12-17(26-31-16)25-18(27)11-13-6-8-14(9-7-13)24-20(28)15-5-4-10-23-19(15)21(29)30/h4-10,16H,11-12H2,1-3H3,(H,24,28)(H,29,30)(H,25,26,27). The van der Waals surface area contributed by atoms with Crippen LogP contribution in [0.2, 0.25) is 0 Å². The van der Waals surface area contributed by atoms with E-state index in [4.69, 9.17) is 9.94 Å². The first-order chi connectivity index (χ1) is 14.6. The number of hydrogen-bond acceptors (Lipinski definition) is 6. The topological polar surface area (TPSA) is 130 Å². The van der Waals surface area contributed by atoms with Crippen molar-refractivity contribution in [2.75, 3.05) is 5.32 Å². The number of nitrogens with zero attached hydrogens (tertiary/aromatic N) is 2. The molecular formula is C22H24N4O5. The SMILES string of the molecule is CC(C)(C)C1CC(NC(=O)Cc2ccc(NC(=O)c3cccnc3C(=O)O)cc2)=NO1. The van der Waals surface area contributed by atoms with E-state index in [-0.39, 0.29) is 35.1 Å². The van der Waals surface area contributed by atoms with Crippen molar-refractivity contribution < 1.29 is 24.3 Å². The van der Waals surface area contributed by atoms with Crippen LogP contribution in [0.3, 0.4) is 0 Å². The fourth-order valence-electron chi connectivity index (χ4n) is 2.97. The van der Waals surface area contributed by atoms with Crippen molar-refractivity contribution in [2.45, 2.75) is 39.7 Å². The van der Waals surface area contributed by atoms with Crippen molar-refractivity contribution in [1.29, 1.82) is 0 Å². The molecule has 0 spiro atoms. The van der Waals surface area contributed by atoms with Crippen LogP contribution in [0.25, 0.3) is 0 Å². The van der Waals surface area contributed by atoms with Crippen molar-refractivity contribution in [1.82, 2.24) is 10.3 Å². The van der Waals surface area contributed by atoms with Gasteiger partial charge in [-0.2, -0.15) is 0 Å². The van der Waals surface area contributed by atoms with E-state index in [0.29, 0.717) is 17.9 Å². The number of hydrogen-bond donors (Lipinski definition) is 3. The second-order valence-corrected chi connectivity index (χ2v) is 8.28. The van der Waals surface area contributed by atoms with Gasteiger partial charge in [0.25, 0.3) is 5.91 Å². The maximum absolute atomic E-state index is 12.4. The maximum atomic E-state index is 12.4. The van der Waals surface area contributed by atoms with Crippen LogP contribution in [0.5, 0.6) is 0 Å². The number of anilines is 1. The number of carboxylic acid groups (broad SMARTS) is 1. The molecule has 31 heavy (non-hydrogen) atoms. The quantitative estimate of drug-likeness (QED) is 0.677. The highest BCUT2D eigenvalue weighted by Gasteiger charge is 2.32. The molecule has 3 rings (SSSR count). The maximum Gasteiger partial charge on any atom is 0.355 e. The highest BCUT2D eigenvalue weighted by atomic mass is 16.6. The fraction of sp³-hybridized carbons (Fsp3) is 0.318. The Morgan fingerprint density at radius 3 is 2.45 bits per heavy atom. The minimum atomic E-state index is -1.28. The van der Waals surface area contributed by atoms with Crippen molar-refractivity contribution in [3.63, 3.8) is 0 Å². The van der Waals surface area contributed by atoms with Gasteiger partial charge in [0, 0.05) is 23.7 Å². The van der Waals surface area contributed by atoms with Gasteiger partial charge in [0.2, 0.25) is 5.91 Å². The number of benzene rings is 1.